The molecule has 0 aliphatic carbocycles. The molecule has 0 N–H and O–H groups in total. The fourth-order valence-electron chi connectivity index (χ4n) is 2.89. The molecule has 0 spiro atoms. The molecule has 1 atom stereocenters. The minimum atomic E-state index is -0.500. The minimum absolute atomic E-state index is 0.157. The highest BCUT2D eigenvalue weighted by atomic mass is 16.5. The van der Waals surface area contributed by atoms with Crippen molar-refractivity contribution in [3.63, 3.8) is 0 Å². The molecule has 0 bridgehead atoms. The average Bonchev–Trinajstić information content (AvgIpc) is 2.90. The Balaban J connectivity index is 2.10. The zero-order valence-corrected chi connectivity index (χ0v) is 13.1. The van der Waals surface area contributed by atoms with Crippen LogP contribution in [0.25, 0.3) is 11.1 Å². The molecule has 1 aliphatic rings. The standard InChI is InChI=1S/C15H20N4O3/c1-4-21-15(20)12-11-13(19-7-5-6-9(2)8-19)16-10(3)17-14(11)22-18-12/h9H,4-8H2,1-3H3. The maximum absolute atomic E-state index is 12.1. The molecule has 0 saturated carbocycles. The zero-order valence-electron chi connectivity index (χ0n) is 13.1. The molecule has 2 aromatic rings. The number of fused-ring (bicyclic) bond motifs is 1. The summed E-state index contributed by atoms with van der Waals surface area (Å²) in [7, 11) is 0. The van der Waals surface area contributed by atoms with E-state index in [2.05, 4.69) is 26.9 Å². The molecule has 1 unspecified atom stereocenters. The molecule has 22 heavy (non-hydrogen) atoms. The zero-order chi connectivity index (χ0) is 15.7. The second-order valence-corrected chi connectivity index (χ2v) is 5.72. The van der Waals surface area contributed by atoms with E-state index in [4.69, 9.17) is 9.26 Å². The van der Waals surface area contributed by atoms with Crippen LogP contribution in [0.5, 0.6) is 0 Å². The number of aromatic nitrogens is 3. The van der Waals surface area contributed by atoms with Gasteiger partial charge in [0.15, 0.2) is 0 Å². The summed E-state index contributed by atoms with van der Waals surface area (Å²) in [6.07, 6.45) is 2.31. The van der Waals surface area contributed by atoms with Gasteiger partial charge in [-0.1, -0.05) is 12.1 Å². The van der Waals surface area contributed by atoms with Gasteiger partial charge in [0.05, 0.1) is 6.61 Å². The quantitative estimate of drug-likeness (QED) is 0.805. The first-order valence-electron chi connectivity index (χ1n) is 7.66. The van der Waals surface area contributed by atoms with E-state index in [0.29, 0.717) is 22.8 Å². The van der Waals surface area contributed by atoms with Crippen molar-refractivity contribution in [3.8, 4) is 0 Å². The lowest BCUT2D eigenvalue weighted by atomic mass is 10.00. The van der Waals surface area contributed by atoms with Crippen molar-refractivity contribution in [2.24, 2.45) is 5.92 Å². The molecule has 3 rings (SSSR count). The molecule has 0 aromatic carbocycles. The minimum Gasteiger partial charge on any atom is -0.461 e. The van der Waals surface area contributed by atoms with E-state index in [1.54, 1.807) is 6.92 Å². The summed E-state index contributed by atoms with van der Waals surface area (Å²) in [5.74, 6) is 1.41. The van der Waals surface area contributed by atoms with Crippen LogP contribution in [0.2, 0.25) is 0 Å². The fraction of sp³-hybridized carbons (Fsp3) is 0.600. The van der Waals surface area contributed by atoms with Crippen LogP contribution in [0.1, 0.15) is 43.0 Å². The van der Waals surface area contributed by atoms with E-state index in [9.17, 15) is 4.79 Å². The maximum Gasteiger partial charge on any atom is 0.361 e. The number of carbonyl (C=O) groups is 1. The molecule has 0 radical (unpaired) electrons. The Kier molecular flexibility index (Phi) is 3.96. The van der Waals surface area contributed by atoms with Gasteiger partial charge >= 0.3 is 5.97 Å². The molecule has 118 valence electrons. The molecule has 1 fully saturated rings. The van der Waals surface area contributed by atoms with Gasteiger partial charge in [-0.15, -0.1) is 0 Å². The van der Waals surface area contributed by atoms with Gasteiger partial charge in [-0.25, -0.2) is 9.78 Å². The highest BCUT2D eigenvalue weighted by Gasteiger charge is 2.27. The highest BCUT2D eigenvalue weighted by Crippen LogP contribution is 2.30. The second kappa shape index (κ2) is 5.90. The Bertz CT molecular complexity index is 697. The first kappa shape index (κ1) is 14.7. The van der Waals surface area contributed by atoms with Crippen LogP contribution in [-0.4, -0.2) is 40.8 Å². The number of anilines is 1. The highest BCUT2D eigenvalue weighted by molar-refractivity contribution is 6.04. The number of carbonyl (C=O) groups excluding carboxylic acids is 1. The molecule has 7 nitrogen and oxygen atoms in total. The maximum atomic E-state index is 12.1. The smallest absolute Gasteiger partial charge is 0.361 e. The van der Waals surface area contributed by atoms with Crippen molar-refractivity contribution in [2.75, 3.05) is 24.6 Å². The third-order valence-corrected chi connectivity index (χ3v) is 3.85. The summed E-state index contributed by atoms with van der Waals surface area (Å²) in [6.45, 7) is 7.88. The molecule has 0 amide bonds. The van der Waals surface area contributed by atoms with Crippen molar-refractivity contribution < 1.29 is 14.1 Å². The van der Waals surface area contributed by atoms with E-state index in [0.717, 1.165) is 25.3 Å². The predicted molar refractivity (Wildman–Crippen MR) is 80.9 cm³/mol. The number of esters is 1. The summed E-state index contributed by atoms with van der Waals surface area (Å²) in [4.78, 5) is 23.1. The van der Waals surface area contributed by atoms with Crippen molar-refractivity contribution in [3.05, 3.63) is 11.5 Å². The topological polar surface area (TPSA) is 81.3 Å². The van der Waals surface area contributed by atoms with Crippen molar-refractivity contribution >= 4 is 22.9 Å². The van der Waals surface area contributed by atoms with Gasteiger partial charge in [0.25, 0.3) is 5.71 Å². The number of hydrogen-bond donors (Lipinski definition) is 0. The number of rotatable bonds is 3. The molecular weight excluding hydrogens is 284 g/mol. The van der Waals surface area contributed by atoms with Crippen molar-refractivity contribution in [1.82, 2.24) is 15.1 Å². The summed E-state index contributed by atoms with van der Waals surface area (Å²) >= 11 is 0. The number of hydrogen-bond acceptors (Lipinski definition) is 7. The molecule has 2 aromatic heterocycles. The third-order valence-electron chi connectivity index (χ3n) is 3.85. The van der Waals surface area contributed by atoms with Gasteiger partial charge in [-0.05, 0) is 32.6 Å². The molecule has 1 saturated heterocycles. The van der Waals surface area contributed by atoms with Crippen LogP contribution >= 0.6 is 0 Å². The molecule has 7 heteroatoms. The lowest BCUT2D eigenvalue weighted by Crippen LogP contribution is -2.35. The molecule has 1 aliphatic heterocycles. The summed E-state index contributed by atoms with van der Waals surface area (Å²) < 4.78 is 10.3. The van der Waals surface area contributed by atoms with Gasteiger partial charge in [0.2, 0.25) is 5.69 Å². The SMILES string of the molecule is CCOC(=O)c1noc2nc(C)nc(N3CCCC(C)C3)c12. The van der Waals surface area contributed by atoms with Gasteiger partial charge in [-0.2, -0.15) is 4.98 Å². The third kappa shape index (κ3) is 2.63. The van der Waals surface area contributed by atoms with Gasteiger partial charge < -0.3 is 14.2 Å². The van der Waals surface area contributed by atoms with Gasteiger partial charge in [0.1, 0.15) is 17.0 Å². The second-order valence-electron chi connectivity index (χ2n) is 5.72. The Morgan fingerprint density at radius 3 is 3.00 bits per heavy atom. The van der Waals surface area contributed by atoms with Crippen LogP contribution in [0, 0.1) is 12.8 Å². The first-order chi connectivity index (χ1) is 10.6. The van der Waals surface area contributed by atoms with Crippen LogP contribution in [0.15, 0.2) is 4.52 Å². The first-order valence-corrected chi connectivity index (χ1v) is 7.66. The van der Waals surface area contributed by atoms with Crippen LogP contribution in [-0.2, 0) is 4.74 Å². The number of piperidine rings is 1. The monoisotopic (exact) mass is 304 g/mol. The van der Waals surface area contributed by atoms with Crippen LogP contribution in [0.4, 0.5) is 5.82 Å². The van der Waals surface area contributed by atoms with E-state index < -0.39 is 5.97 Å². The number of aryl methyl sites for hydroxylation is 1. The summed E-state index contributed by atoms with van der Waals surface area (Å²) in [5, 5.41) is 4.40. The van der Waals surface area contributed by atoms with E-state index in [1.165, 1.54) is 6.42 Å². The van der Waals surface area contributed by atoms with Gasteiger partial charge in [0, 0.05) is 13.1 Å². The summed E-state index contributed by atoms with van der Waals surface area (Å²) in [6, 6.07) is 0. The number of nitrogens with zero attached hydrogens (tertiary/aromatic N) is 4. The van der Waals surface area contributed by atoms with E-state index in [-0.39, 0.29) is 12.3 Å². The Morgan fingerprint density at radius 1 is 1.45 bits per heavy atom. The Labute approximate surface area is 128 Å². The predicted octanol–water partition coefficient (Wildman–Crippen LogP) is 2.34. The van der Waals surface area contributed by atoms with Crippen molar-refractivity contribution in [2.45, 2.75) is 33.6 Å². The average molecular weight is 304 g/mol. The molecule has 3 heterocycles. The molecular formula is C15H20N4O3. The fourth-order valence-corrected chi connectivity index (χ4v) is 2.89. The van der Waals surface area contributed by atoms with E-state index >= 15 is 0 Å². The van der Waals surface area contributed by atoms with Crippen molar-refractivity contribution in [1.29, 1.82) is 0 Å². The van der Waals surface area contributed by atoms with Crippen LogP contribution in [0.3, 0.4) is 0 Å². The lowest BCUT2D eigenvalue weighted by Gasteiger charge is -2.32. The summed E-state index contributed by atoms with van der Waals surface area (Å²) in [5.41, 5.74) is 0.494. The normalized spacial score (nSPS) is 18.7. The largest absolute Gasteiger partial charge is 0.461 e. The Hall–Kier alpha value is -2.18. The number of ether oxygens (including phenoxy) is 1. The van der Waals surface area contributed by atoms with Crippen LogP contribution < -0.4 is 4.90 Å². The van der Waals surface area contributed by atoms with Gasteiger partial charge in [-0.3, -0.25) is 0 Å². The van der Waals surface area contributed by atoms with E-state index in [1.807, 2.05) is 6.92 Å². The lowest BCUT2D eigenvalue weighted by molar-refractivity contribution is 0.0517. The Morgan fingerprint density at radius 2 is 2.27 bits per heavy atom.